The maximum absolute atomic E-state index is 11.5. The summed E-state index contributed by atoms with van der Waals surface area (Å²) in [5.41, 5.74) is 0. The van der Waals surface area contributed by atoms with Crippen LogP contribution in [-0.2, 0) is 16.6 Å². The van der Waals surface area contributed by atoms with Gasteiger partial charge in [-0.05, 0) is 51.8 Å². The zero-order valence-electron chi connectivity index (χ0n) is 12.5. The van der Waals surface area contributed by atoms with Crippen molar-refractivity contribution < 1.29 is 12.8 Å². The quantitative estimate of drug-likeness (QED) is 0.631. The molecule has 0 saturated heterocycles. The van der Waals surface area contributed by atoms with Crippen LogP contribution in [0.2, 0.25) is 0 Å². The molecule has 20 heavy (non-hydrogen) atoms. The zero-order valence-corrected chi connectivity index (χ0v) is 13.3. The van der Waals surface area contributed by atoms with Crippen molar-refractivity contribution in [2.24, 2.45) is 0 Å². The van der Waals surface area contributed by atoms with Crippen molar-refractivity contribution >= 4 is 10.0 Å². The van der Waals surface area contributed by atoms with E-state index in [1.165, 1.54) is 13.1 Å². The summed E-state index contributed by atoms with van der Waals surface area (Å²) in [7, 11) is -2.12. The summed E-state index contributed by atoms with van der Waals surface area (Å²) < 4.78 is 30.5. The summed E-state index contributed by atoms with van der Waals surface area (Å²) in [5, 5.41) is 3.21. The van der Waals surface area contributed by atoms with Gasteiger partial charge in [0.05, 0.1) is 6.54 Å². The molecule has 0 unspecified atom stereocenters. The van der Waals surface area contributed by atoms with E-state index < -0.39 is 10.0 Å². The molecule has 0 spiro atoms. The number of furan rings is 1. The minimum Gasteiger partial charge on any atom is -0.447 e. The van der Waals surface area contributed by atoms with E-state index in [1.807, 2.05) is 0 Å². The predicted octanol–water partition coefficient (Wildman–Crippen LogP) is 1.01. The van der Waals surface area contributed by atoms with E-state index in [-0.39, 0.29) is 5.09 Å². The fourth-order valence-electron chi connectivity index (χ4n) is 1.88. The smallest absolute Gasteiger partial charge is 0.273 e. The van der Waals surface area contributed by atoms with E-state index in [1.54, 1.807) is 6.07 Å². The Bertz CT molecular complexity index is 481. The monoisotopic (exact) mass is 303 g/mol. The van der Waals surface area contributed by atoms with Gasteiger partial charge in [-0.3, -0.25) is 0 Å². The summed E-state index contributed by atoms with van der Waals surface area (Å²) >= 11 is 0. The molecule has 0 aliphatic rings. The Morgan fingerprint density at radius 2 is 1.95 bits per heavy atom. The van der Waals surface area contributed by atoms with Gasteiger partial charge in [-0.15, -0.1) is 0 Å². The van der Waals surface area contributed by atoms with Gasteiger partial charge in [0, 0.05) is 0 Å². The Hall–Kier alpha value is -0.890. The van der Waals surface area contributed by atoms with Crippen LogP contribution in [0.5, 0.6) is 0 Å². The highest BCUT2D eigenvalue weighted by atomic mass is 32.2. The van der Waals surface area contributed by atoms with Gasteiger partial charge >= 0.3 is 0 Å². The lowest BCUT2D eigenvalue weighted by molar-refractivity contribution is 0.296. The lowest BCUT2D eigenvalue weighted by Crippen LogP contribution is -2.27. The van der Waals surface area contributed by atoms with E-state index in [0.717, 1.165) is 32.6 Å². The van der Waals surface area contributed by atoms with Crippen LogP contribution in [0.3, 0.4) is 0 Å². The minimum absolute atomic E-state index is 0.0417. The molecule has 1 heterocycles. The van der Waals surface area contributed by atoms with Crippen molar-refractivity contribution in [2.75, 3.05) is 33.2 Å². The topological polar surface area (TPSA) is 74.6 Å². The van der Waals surface area contributed by atoms with Crippen molar-refractivity contribution in [1.82, 2.24) is 14.9 Å². The molecule has 116 valence electrons. The highest BCUT2D eigenvalue weighted by Crippen LogP contribution is 2.13. The van der Waals surface area contributed by atoms with Gasteiger partial charge in [-0.1, -0.05) is 13.8 Å². The van der Waals surface area contributed by atoms with Crippen molar-refractivity contribution in [2.45, 2.75) is 31.9 Å². The average Bonchev–Trinajstić information content (AvgIpc) is 2.92. The number of nitrogens with one attached hydrogen (secondary N) is 2. The standard InChI is InChI=1S/C13H25N3O3S/c1-4-16(5-2)10-6-9-15-11-12-7-8-13(19-12)20(17,18)14-3/h7-8,14-15H,4-6,9-11H2,1-3H3. The fourth-order valence-corrected chi connectivity index (χ4v) is 2.54. The maximum Gasteiger partial charge on any atom is 0.273 e. The molecule has 1 rings (SSSR count). The second kappa shape index (κ2) is 8.41. The largest absolute Gasteiger partial charge is 0.447 e. The Labute approximate surface area is 121 Å². The third-order valence-electron chi connectivity index (χ3n) is 3.19. The number of hydrogen-bond donors (Lipinski definition) is 2. The SMILES string of the molecule is CCN(CC)CCCNCc1ccc(S(=O)(=O)NC)o1. The van der Waals surface area contributed by atoms with Crippen LogP contribution in [0.25, 0.3) is 0 Å². The predicted molar refractivity (Wildman–Crippen MR) is 79.1 cm³/mol. The third kappa shape index (κ3) is 5.24. The highest BCUT2D eigenvalue weighted by Gasteiger charge is 2.15. The summed E-state index contributed by atoms with van der Waals surface area (Å²) in [5.74, 6) is 0.627. The van der Waals surface area contributed by atoms with Crippen LogP contribution in [-0.4, -0.2) is 46.5 Å². The molecule has 7 heteroatoms. The molecule has 2 N–H and O–H groups in total. The van der Waals surface area contributed by atoms with Crippen molar-refractivity contribution in [3.05, 3.63) is 17.9 Å². The molecule has 0 aliphatic heterocycles. The summed E-state index contributed by atoms with van der Waals surface area (Å²) in [6, 6.07) is 3.15. The number of hydrogen-bond acceptors (Lipinski definition) is 5. The Morgan fingerprint density at radius 1 is 1.25 bits per heavy atom. The molecular weight excluding hydrogens is 278 g/mol. The molecule has 0 bridgehead atoms. The molecule has 1 aromatic rings. The van der Waals surface area contributed by atoms with Gasteiger partial charge in [-0.25, -0.2) is 13.1 Å². The molecule has 6 nitrogen and oxygen atoms in total. The molecule has 0 aromatic carbocycles. The normalized spacial score (nSPS) is 12.2. The number of rotatable bonds is 10. The first-order chi connectivity index (χ1) is 9.53. The van der Waals surface area contributed by atoms with Gasteiger partial charge in [0.2, 0.25) is 5.09 Å². The molecule has 0 aliphatic carbocycles. The highest BCUT2D eigenvalue weighted by molar-refractivity contribution is 7.89. The third-order valence-corrected chi connectivity index (χ3v) is 4.48. The van der Waals surface area contributed by atoms with Gasteiger partial charge in [-0.2, -0.15) is 0 Å². The van der Waals surface area contributed by atoms with Crippen molar-refractivity contribution in [3.63, 3.8) is 0 Å². The molecule has 0 fully saturated rings. The molecule has 0 radical (unpaired) electrons. The van der Waals surface area contributed by atoms with E-state index in [0.29, 0.717) is 12.3 Å². The van der Waals surface area contributed by atoms with E-state index in [2.05, 4.69) is 28.8 Å². The van der Waals surface area contributed by atoms with Gasteiger partial charge in [0.25, 0.3) is 10.0 Å². The summed E-state index contributed by atoms with van der Waals surface area (Å²) in [6.07, 6.45) is 1.06. The fraction of sp³-hybridized carbons (Fsp3) is 0.692. The molecule has 0 atom stereocenters. The first-order valence-electron chi connectivity index (χ1n) is 6.98. The first-order valence-corrected chi connectivity index (χ1v) is 8.47. The second-order valence-electron chi connectivity index (χ2n) is 4.49. The van der Waals surface area contributed by atoms with E-state index >= 15 is 0 Å². The van der Waals surface area contributed by atoms with E-state index in [4.69, 9.17) is 4.42 Å². The lowest BCUT2D eigenvalue weighted by atomic mass is 10.3. The van der Waals surface area contributed by atoms with Crippen LogP contribution in [0.1, 0.15) is 26.0 Å². The Kier molecular flexibility index (Phi) is 7.22. The van der Waals surface area contributed by atoms with Crippen LogP contribution in [0.4, 0.5) is 0 Å². The van der Waals surface area contributed by atoms with Crippen molar-refractivity contribution in [3.8, 4) is 0 Å². The Morgan fingerprint density at radius 3 is 2.55 bits per heavy atom. The van der Waals surface area contributed by atoms with Gasteiger partial charge in [0.1, 0.15) is 5.76 Å². The van der Waals surface area contributed by atoms with Gasteiger partial charge < -0.3 is 14.6 Å². The molecule has 0 saturated carbocycles. The lowest BCUT2D eigenvalue weighted by Gasteiger charge is -2.17. The van der Waals surface area contributed by atoms with E-state index in [9.17, 15) is 8.42 Å². The van der Waals surface area contributed by atoms with Crippen LogP contribution in [0.15, 0.2) is 21.6 Å². The van der Waals surface area contributed by atoms with Crippen LogP contribution in [0, 0.1) is 0 Å². The molecular formula is C13H25N3O3S. The Balaban J connectivity index is 2.30. The second-order valence-corrected chi connectivity index (χ2v) is 6.30. The number of sulfonamides is 1. The number of nitrogens with zero attached hydrogens (tertiary/aromatic N) is 1. The van der Waals surface area contributed by atoms with Gasteiger partial charge in [0.15, 0.2) is 0 Å². The average molecular weight is 303 g/mol. The molecule has 1 aromatic heterocycles. The minimum atomic E-state index is -3.48. The molecule has 0 amide bonds. The zero-order chi connectivity index (χ0) is 15.0. The van der Waals surface area contributed by atoms with Crippen LogP contribution < -0.4 is 10.0 Å². The first kappa shape index (κ1) is 17.2. The van der Waals surface area contributed by atoms with Crippen molar-refractivity contribution in [1.29, 1.82) is 0 Å². The van der Waals surface area contributed by atoms with Crippen LogP contribution >= 0.6 is 0 Å². The summed E-state index contributed by atoms with van der Waals surface area (Å²) in [4.78, 5) is 2.37. The maximum atomic E-state index is 11.5. The summed E-state index contributed by atoms with van der Waals surface area (Å²) in [6.45, 7) is 8.94.